The molecule has 0 atom stereocenters. The normalized spacial score (nSPS) is 11.5. The maximum Gasteiger partial charge on any atom is 0.287 e. The molecule has 0 spiro atoms. The van der Waals surface area contributed by atoms with Gasteiger partial charge in [-0.25, -0.2) is 4.39 Å². The monoisotopic (exact) mass is 315 g/mol. The highest BCUT2D eigenvalue weighted by Gasteiger charge is 2.22. The van der Waals surface area contributed by atoms with Crippen LogP contribution in [-0.2, 0) is 0 Å². The highest BCUT2D eigenvalue weighted by Crippen LogP contribution is 2.17. The van der Waals surface area contributed by atoms with E-state index in [2.05, 4.69) is 11.9 Å². The molecule has 0 aliphatic carbocycles. The van der Waals surface area contributed by atoms with E-state index in [1.807, 2.05) is 18.2 Å². The number of aromatic nitrogens is 1. The quantitative estimate of drug-likeness (QED) is 0.293. The number of hydrogen-bond donors (Lipinski definition) is 2. The van der Waals surface area contributed by atoms with Crippen LogP contribution in [0.15, 0.2) is 67.5 Å². The molecular formula is C17H16FN2OS+. The number of nitrogens with zero attached hydrogens (tertiary/aromatic N) is 1. The second kappa shape index (κ2) is 7.47. The first kappa shape index (κ1) is 15.9. The van der Waals surface area contributed by atoms with E-state index in [9.17, 15) is 9.50 Å². The molecule has 0 fully saturated rings. The Kier molecular flexibility index (Phi) is 5.38. The maximum absolute atomic E-state index is 13.0. The Hall–Kier alpha value is -2.53. The second-order valence-corrected chi connectivity index (χ2v) is 4.89. The first-order chi connectivity index (χ1) is 10.6. The molecule has 0 saturated heterocycles. The summed E-state index contributed by atoms with van der Waals surface area (Å²) in [5, 5.41) is 13.6. The van der Waals surface area contributed by atoms with Gasteiger partial charge in [0.25, 0.3) is 5.70 Å². The predicted molar refractivity (Wildman–Crippen MR) is 89.6 cm³/mol. The van der Waals surface area contributed by atoms with Crippen molar-refractivity contribution in [3.05, 3.63) is 78.9 Å². The van der Waals surface area contributed by atoms with Gasteiger partial charge < -0.3 is 10.4 Å². The zero-order valence-electron chi connectivity index (χ0n) is 11.9. The Labute approximate surface area is 134 Å². The van der Waals surface area contributed by atoms with Gasteiger partial charge in [-0.1, -0.05) is 24.4 Å². The van der Waals surface area contributed by atoms with Gasteiger partial charge in [-0.15, -0.1) is 6.58 Å². The molecule has 2 N–H and O–H groups in total. The Morgan fingerprint density at radius 3 is 2.45 bits per heavy atom. The summed E-state index contributed by atoms with van der Waals surface area (Å²) < 4.78 is 14.8. The van der Waals surface area contributed by atoms with E-state index >= 15 is 0 Å². The van der Waals surface area contributed by atoms with Crippen molar-refractivity contribution in [2.45, 2.75) is 0 Å². The van der Waals surface area contributed by atoms with Crippen LogP contribution in [0.1, 0.15) is 5.56 Å². The molecule has 0 aliphatic rings. The van der Waals surface area contributed by atoms with E-state index in [0.29, 0.717) is 22.8 Å². The first-order valence-corrected chi connectivity index (χ1v) is 7.09. The predicted octanol–water partition coefficient (Wildman–Crippen LogP) is 3.10. The van der Waals surface area contributed by atoms with Crippen molar-refractivity contribution in [2.75, 3.05) is 6.54 Å². The van der Waals surface area contributed by atoms with Gasteiger partial charge in [-0.2, -0.15) is 4.57 Å². The minimum atomic E-state index is -0.363. The molecule has 112 valence electrons. The van der Waals surface area contributed by atoms with E-state index in [0.717, 1.165) is 0 Å². The minimum Gasteiger partial charge on any atom is -0.502 e. The van der Waals surface area contributed by atoms with E-state index < -0.39 is 0 Å². The molecule has 5 heteroatoms. The van der Waals surface area contributed by atoms with Gasteiger partial charge in [0.15, 0.2) is 23.1 Å². The molecule has 1 aromatic carbocycles. The Morgan fingerprint density at radius 2 is 1.86 bits per heavy atom. The number of benzene rings is 1. The number of nitrogens with one attached hydrogen (secondary N) is 1. The lowest BCUT2D eigenvalue weighted by atomic mass is 10.1. The number of halogens is 1. The van der Waals surface area contributed by atoms with Gasteiger partial charge in [0.05, 0.1) is 0 Å². The van der Waals surface area contributed by atoms with Crippen molar-refractivity contribution in [1.29, 1.82) is 0 Å². The van der Waals surface area contributed by atoms with Crippen molar-refractivity contribution in [3.63, 3.8) is 0 Å². The summed E-state index contributed by atoms with van der Waals surface area (Å²) in [6.45, 7) is 4.11. The molecule has 1 heterocycles. The zero-order valence-corrected chi connectivity index (χ0v) is 12.7. The third kappa shape index (κ3) is 3.77. The third-order valence-corrected chi connectivity index (χ3v) is 3.28. The smallest absolute Gasteiger partial charge is 0.287 e. The molecule has 1 aromatic heterocycles. The Balaban J connectivity index is 2.51. The summed E-state index contributed by atoms with van der Waals surface area (Å²) in [5.74, 6) is -0.393. The second-order valence-electron chi connectivity index (χ2n) is 4.49. The third-order valence-electron chi connectivity index (χ3n) is 2.94. The van der Waals surface area contributed by atoms with Gasteiger partial charge in [0.1, 0.15) is 5.82 Å². The van der Waals surface area contributed by atoms with Crippen LogP contribution in [0.3, 0.4) is 0 Å². The van der Waals surface area contributed by atoms with E-state index in [4.69, 9.17) is 12.2 Å². The largest absolute Gasteiger partial charge is 0.502 e. The lowest BCUT2D eigenvalue weighted by molar-refractivity contribution is -0.576. The fourth-order valence-electron chi connectivity index (χ4n) is 1.89. The molecule has 0 saturated carbocycles. The van der Waals surface area contributed by atoms with Gasteiger partial charge >= 0.3 is 0 Å². The van der Waals surface area contributed by atoms with Crippen molar-refractivity contribution in [3.8, 4) is 0 Å². The molecular weight excluding hydrogens is 299 g/mol. The van der Waals surface area contributed by atoms with Crippen molar-refractivity contribution in [2.24, 2.45) is 0 Å². The summed E-state index contributed by atoms with van der Waals surface area (Å²) in [6, 6.07) is 11.1. The number of thiocarbonyl (C=S) groups is 1. The number of rotatable bonds is 5. The summed E-state index contributed by atoms with van der Waals surface area (Å²) in [5.41, 5.74) is 0.902. The lowest BCUT2D eigenvalue weighted by Crippen LogP contribution is -2.40. The average Bonchev–Trinajstić information content (AvgIpc) is 2.54. The SMILES string of the molecule is C=CCNC(=S)/C(=C(/O)c1ccc(F)cc1)[n+]1ccccc1. The Bertz CT molecular complexity index is 696. The van der Waals surface area contributed by atoms with Crippen molar-refractivity contribution in [1.82, 2.24) is 5.32 Å². The minimum absolute atomic E-state index is 0.0298. The van der Waals surface area contributed by atoms with E-state index in [1.165, 1.54) is 24.3 Å². The Morgan fingerprint density at radius 1 is 1.23 bits per heavy atom. The van der Waals surface area contributed by atoms with Crippen LogP contribution in [-0.4, -0.2) is 16.6 Å². The van der Waals surface area contributed by atoms with E-state index in [1.54, 1.807) is 23.0 Å². The van der Waals surface area contributed by atoms with Gasteiger partial charge in [-0.05, 0) is 24.3 Å². The number of pyridine rings is 1. The molecule has 22 heavy (non-hydrogen) atoms. The summed E-state index contributed by atoms with van der Waals surface area (Å²) >= 11 is 5.35. The van der Waals surface area contributed by atoms with Gasteiger partial charge in [-0.3, -0.25) is 0 Å². The zero-order chi connectivity index (χ0) is 15.9. The lowest BCUT2D eigenvalue weighted by Gasteiger charge is -2.08. The summed E-state index contributed by atoms with van der Waals surface area (Å²) in [4.78, 5) is 0.373. The standard InChI is InChI=1S/C17H15FN2OS/c1-2-10-19-17(22)15(20-11-4-3-5-12-20)16(21)13-6-8-14(18)9-7-13/h2-9,11-12H,1,10H2,(H-,19,21,22)/p+1. The molecule has 0 bridgehead atoms. The molecule has 0 unspecified atom stereocenters. The molecule has 0 radical (unpaired) electrons. The van der Waals surface area contributed by atoms with Crippen LogP contribution in [0.4, 0.5) is 4.39 Å². The van der Waals surface area contributed by atoms with E-state index in [-0.39, 0.29) is 11.6 Å². The summed E-state index contributed by atoms with van der Waals surface area (Å²) in [7, 11) is 0. The fourth-order valence-corrected chi connectivity index (χ4v) is 2.17. The number of aliphatic hydroxyl groups excluding tert-OH is 1. The van der Waals surface area contributed by atoms with Crippen LogP contribution in [0.25, 0.3) is 11.5 Å². The number of hydrogen-bond acceptors (Lipinski definition) is 2. The highest BCUT2D eigenvalue weighted by atomic mass is 32.1. The molecule has 2 rings (SSSR count). The molecule has 2 aromatic rings. The van der Waals surface area contributed by atoms with Crippen LogP contribution in [0.5, 0.6) is 0 Å². The van der Waals surface area contributed by atoms with Crippen LogP contribution in [0.2, 0.25) is 0 Å². The van der Waals surface area contributed by atoms with Gasteiger partial charge in [0.2, 0.25) is 0 Å². The van der Waals surface area contributed by atoms with Crippen LogP contribution >= 0.6 is 12.2 Å². The summed E-state index contributed by atoms with van der Waals surface area (Å²) in [6.07, 6.45) is 5.22. The average molecular weight is 315 g/mol. The topological polar surface area (TPSA) is 36.1 Å². The molecule has 3 nitrogen and oxygen atoms in total. The van der Waals surface area contributed by atoms with Gasteiger partial charge in [0, 0.05) is 24.2 Å². The number of aliphatic hydroxyl groups is 1. The molecule has 0 amide bonds. The highest BCUT2D eigenvalue weighted by molar-refractivity contribution is 7.81. The van der Waals surface area contributed by atoms with Crippen LogP contribution in [0, 0.1) is 5.82 Å². The first-order valence-electron chi connectivity index (χ1n) is 6.68. The fraction of sp³-hybridized carbons (Fsp3) is 0.0588. The van der Waals surface area contributed by atoms with Crippen molar-refractivity contribution >= 4 is 28.7 Å². The maximum atomic E-state index is 13.0. The van der Waals surface area contributed by atoms with Crippen molar-refractivity contribution < 1.29 is 14.1 Å². The molecule has 0 aliphatic heterocycles. The van der Waals surface area contributed by atoms with Crippen LogP contribution < -0.4 is 9.88 Å².